The molecule has 2 atom stereocenters. The van der Waals surface area contributed by atoms with Gasteiger partial charge in [0.05, 0.1) is 10.0 Å². The molecule has 2 N–H and O–H groups in total. The fourth-order valence-corrected chi connectivity index (χ4v) is 3.99. The SMILES string of the molecule is NC1CCCCCCC1Sc1ccc(Cl)c(Cl)c1. The summed E-state index contributed by atoms with van der Waals surface area (Å²) < 4.78 is 0. The van der Waals surface area contributed by atoms with E-state index in [0.29, 0.717) is 21.3 Å². The largest absolute Gasteiger partial charge is 0.327 e. The van der Waals surface area contributed by atoms with Crippen molar-refractivity contribution < 1.29 is 0 Å². The molecule has 1 saturated carbocycles. The summed E-state index contributed by atoms with van der Waals surface area (Å²) in [5, 5.41) is 1.74. The fraction of sp³-hybridized carbons (Fsp3) is 0.571. The van der Waals surface area contributed by atoms with Crippen LogP contribution in [0.4, 0.5) is 0 Å². The predicted octanol–water partition coefficient (Wildman–Crippen LogP) is 5.14. The lowest BCUT2D eigenvalue weighted by Gasteiger charge is -2.25. The molecule has 0 aliphatic heterocycles. The van der Waals surface area contributed by atoms with Gasteiger partial charge in [-0.1, -0.05) is 48.9 Å². The molecule has 0 aromatic heterocycles. The van der Waals surface area contributed by atoms with E-state index in [1.54, 1.807) is 0 Å². The zero-order valence-corrected chi connectivity index (χ0v) is 12.7. The second-order valence-electron chi connectivity index (χ2n) is 4.89. The van der Waals surface area contributed by atoms with Crippen LogP contribution in [0.5, 0.6) is 0 Å². The van der Waals surface area contributed by atoms with E-state index in [2.05, 4.69) is 0 Å². The van der Waals surface area contributed by atoms with E-state index in [0.717, 1.165) is 6.42 Å². The Labute approximate surface area is 123 Å². The van der Waals surface area contributed by atoms with Crippen molar-refractivity contribution in [2.24, 2.45) is 5.73 Å². The van der Waals surface area contributed by atoms with Gasteiger partial charge in [-0.2, -0.15) is 0 Å². The lowest BCUT2D eigenvalue weighted by atomic mass is 9.97. The average molecular weight is 304 g/mol. The van der Waals surface area contributed by atoms with Crippen molar-refractivity contribution in [3.05, 3.63) is 28.2 Å². The van der Waals surface area contributed by atoms with Crippen LogP contribution in [-0.2, 0) is 0 Å². The Kier molecular flexibility index (Phi) is 5.68. The van der Waals surface area contributed by atoms with E-state index >= 15 is 0 Å². The van der Waals surface area contributed by atoms with Crippen LogP contribution in [-0.4, -0.2) is 11.3 Å². The summed E-state index contributed by atoms with van der Waals surface area (Å²) in [5.41, 5.74) is 6.28. The molecule has 18 heavy (non-hydrogen) atoms. The zero-order valence-electron chi connectivity index (χ0n) is 10.4. The first-order chi connectivity index (χ1) is 8.66. The Morgan fingerprint density at radius 2 is 1.72 bits per heavy atom. The number of nitrogens with two attached hydrogens (primary N) is 1. The van der Waals surface area contributed by atoms with Gasteiger partial charge in [0.15, 0.2) is 0 Å². The van der Waals surface area contributed by atoms with Crippen LogP contribution in [0.1, 0.15) is 38.5 Å². The normalized spacial score (nSPS) is 25.5. The molecule has 0 saturated heterocycles. The molecule has 4 heteroatoms. The van der Waals surface area contributed by atoms with Gasteiger partial charge < -0.3 is 5.73 Å². The summed E-state index contributed by atoms with van der Waals surface area (Å²) in [6.07, 6.45) is 7.56. The van der Waals surface area contributed by atoms with Crippen molar-refractivity contribution in [2.75, 3.05) is 0 Å². The molecule has 2 unspecified atom stereocenters. The smallest absolute Gasteiger partial charge is 0.0603 e. The number of halogens is 2. The number of hydrogen-bond donors (Lipinski definition) is 1. The van der Waals surface area contributed by atoms with Crippen LogP contribution >= 0.6 is 35.0 Å². The summed E-state index contributed by atoms with van der Waals surface area (Å²) in [6, 6.07) is 6.13. The van der Waals surface area contributed by atoms with Gasteiger partial charge in [0, 0.05) is 16.2 Å². The molecule has 1 aromatic rings. The van der Waals surface area contributed by atoms with E-state index in [1.165, 1.54) is 37.0 Å². The zero-order chi connectivity index (χ0) is 13.0. The minimum absolute atomic E-state index is 0.296. The third-order valence-corrected chi connectivity index (χ3v) is 5.59. The van der Waals surface area contributed by atoms with E-state index in [-0.39, 0.29) is 0 Å². The molecular formula is C14H19Cl2NS. The van der Waals surface area contributed by atoms with E-state index < -0.39 is 0 Å². The Balaban J connectivity index is 2.03. The summed E-state index contributed by atoms with van der Waals surface area (Å²) in [5.74, 6) is 0. The van der Waals surface area contributed by atoms with Crippen molar-refractivity contribution >= 4 is 35.0 Å². The molecule has 0 heterocycles. The van der Waals surface area contributed by atoms with E-state index in [9.17, 15) is 0 Å². The second kappa shape index (κ2) is 7.04. The molecular weight excluding hydrogens is 285 g/mol. The third-order valence-electron chi connectivity index (χ3n) is 3.43. The Morgan fingerprint density at radius 3 is 2.44 bits per heavy atom. The number of hydrogen-bond acceptors (Lipinski definition) is 2. The summed E-state index contributed by atoms with van der Waals surface area (Å²) >= 11 is 13.8. The van der Waals surface area contributed by atoms with Crippen LogP contribution in [0, 0.1) is 0 Å². The number of thioether (sulfide) groups is 1. The Morgan fingerprint density at radius 1 is 1.00 bits per heavy atom. The molecule has 0 amide bonds. The molecule has 0 spiro atoms. The van der Waals surface area contributed by atoms with Crippen LogP contribution in [0.25, 0.3) is 0 Å². The van der Waals surface area contributed by atoms with Crippen LogP contribution in [0.15, 0.2) is 23.1 Å². The maximum absolute atomic E-state index is 6.28. The monoisotopic (exact) mass is 303 g/mol. The first-order valence-electron chi connectivity index (χ1n) is 6.54. The Hall–Kier alpha value is 0.110. The first-order valence-corrected chi connectivity index (χ1v) is 8.17. The predicted molar refractivity (Wildman–Crippen MR) is 81.8 cm³/mol. The molecule has 1 fully saturated rings. The van der Waals surface area contributed by atoms with Crippen molar-refractivity contribution in [2.45, 2.75) is 54.7 Å². The molecule has 2 rings (SSSR count). The van der Waals surface area contributed by atoms with Gasteiger partial charge in [-0.15, -0.1) is 11.8 Å². The molecule has 1 aliphatic carbocycles. The maximum atomic E-state index is 6.28. The lowest BCUT2D eigenvalue weighted by molar-refractivity contribution is 0.463. The van der Waals surface area contributed by atoms with Crippen LogP contribution in [0.3, 0.4) is 0 Å². The minimum Gasteiger partial charge on any atom is -0.327 e. The van der Waals surface area contributed by atoms with Gasteiger partial charge >= 0.3 is 0 Å². The third kappa shape index (κ3) is 4.06. The average Bonchev–Trinajstić information content (AvgIpc) is 2.33. The molecule has 0 bridgehead atoms. The van der Waals surface area contributed by atoms with Crippen molar-refractivity contribution in [3.63, 3.8) is 0 Å². The van der Waals surface area contributed by atoms with Gasteiger partial charge in [0.2, 0.25) is 0 Å². The van der Waals surface area contributed by atoms with Crippen molar-refractivity contribution in [3.8, 4) is 0 Å². The van der Waals surface area contributed by atoms with E-state index in [1.807, 2.05) is 30.0 Å². The van der Waals surface area contributed by atoms with E-state index in [4.69, 9.17) is 28.9 Å². The fourth-order valence-electron chi connectivity index (χ4n) is 2.35. The topological polar surface area (TPSA) is 26.0 Å². The van der Waals surface area contributed by atoms with Crippen molar-refractivity contribution in [1.29, 1.82) is 0 Å². The van der Waals surface area contributed by atoms with Gasteiger partial charge in [-0.25, -0.2) is 0 Å². The summed E-state index contributed by atoms with van der Waals surface area (Å²) in [4.78, 5) is 1.17. The molecule has 1 nitrogen and oxygen atoms in total. The number of rotatable bonds is 2. The van der Waals surface area contributed by atoms with Gasteiger partial charge in [-0.3, -0.25) is 0 Å². The van der Waals surface area contributed by atoms with Gasteiger partial charge in [0.1, 0.15) is 0 Å². The molecule has 100 valence electrons. The minimum atomic E-state index is 0.296. The standard InChI is InChI=1S/C14H19Cl2NS/c15-11-8-7-10(9-12(11)16)18-14-6-4-2-1-3-5-13(14)17/h7-9,13-14H,1-6,17H2. The maximum Gasteiger partial charge on any atom is 0.0603 e. The summed E-state index contributed by atoms with van der Waals surface area (Å²) in [6.45, 7) is 0. The second-order valence-corrected chi connectivity index (χ2v) is 7.01. The van der Waals surface area contributed by atoms with Gasteiger partial charge in [-0.05, 0) is 31.0 Å². The quantitative estimate of drug-likeness (QED) is 0.819. The summed E-state index contributed by atoms with van der Waals surface area (Å²) in [7, 11) is 0. The first kappa shape index (κ1) is 14.5. The van der Waals surface area contributed by atoms with Crippen molar-refractivity contribution in [1.82, 2.24) is 0 Å². The number of benzene rings is 1. The van der Waals surface area contributed by atoms with Crippen LogP contribution in [0.2, 0.25) is 10.0 Å². The van der Waals surface area contributed by atoms with Gasteiger partial charge in [0.25, 0.3) is 0 Å². The molecule has 0 radical (unpaired) electrons. The molecule has 1 aromatic carbocycles. The highest BCUT2D eigenvalue weighted by Gasteiger charge is 2.20. The lowest BCUT2D eigenvalue weighted by Crippen LogP contribution is -2.33. The Bertz CT molecular complexity index is 397. The highest BCUT2D eigenvalue weighted by atomic mass is 35.5. The molecule has 1 aliphatic rings. The highest BCUT2D eigenvalue weighted by Crippen LogP contribution is 2.34. The van der Waals surface area contributed by atoms with Crippen LogP contribution < -0.4 is 5.73 Å². The highest BCUT2D eigenvalue weighted by molar-refractivity contribution is 8.00.